The third-order valence-corrected chi connectivity index (χ3v) is 3.26. The van der Waals surface area contributed by atoms with Crippen molar-refractivity contribution in [2.24, 2.45) is 0 Å². The number of nitrogens with zero attached hydrogens (tertiary/aromatic N) is 1. The lowest BCUT2D eigenvalue weighted by Crippen LogP contribution is -2.06. The monoisotopic (exact) mass is 309 g/mol. The zero-order chi connectivity index (χ0) is 14.8. The maximum Gasteiger partial charge on any atom is 0.273 e. The number of hydrogen-bond donors (Lipinski definition) is 0. The van der Waals surface area contributed by atoms with Gasteiger partial charge in [0.1, 0.15) is 11.5 Å². The summed E-state index contributed by atoms with van der Waals surface area (Å²) >= 11 is 0. The van der Waals surface area contributed by atoms with E-state index in [1.54, 1.807) is 6.92 Å². The number of hydrogen-bond acceptors (Lipinski definition) is 5. The van der Waals surface area contributed by atoms with Gasteiger partial charge < -0.3 is 4.74 Å². The lowest BCUT2D eigenvalue weighted by molar-refractivity contribution is -0.385. The molecular weight excluding hydrogens is 301 g/mol. The molecule has 0 fully saturated rings. The van der Waals surface area contributed by atoms with Gasteiger partial charge >= 0.3 is 0 Å². The molecule has 0 atom stereocenters. The fourth-order valence-corrected chi connectivity index (χ4v) is 2.16. The minimum absolute atomic E-state index is 0.145. The summed E-state index contributed by atoms with van der Waals surface area (Å²) in [7, 11) is 0.721. The Balaban J connectivity index is 3.44. The van der Waals surface area contributed by atoms with Crippen LogP contribution in [-0.2, 0) is 9.05 Å². The van der Waals surface area contributed by atoms with Crippen molar-refractivity contribution in [3.05, 3.63) is 40.2 Å². The summed E-state index contributed by atoms with van der Waals surface area (Å²) in [4.78, 5) is 8.83. The van der Waals surface area contributed by atoms with Crippen molar-refractivity contribution in [1.29, 1.82) is 0 Å². The first kappa shape index (κ1) is 15.4. The van der Waals surface area contributed by atoms with Crippen LogP contribution >= 0.6 is 10.7 Å². The van der Waals surface area contributed by atoms with Crippen molar-refractivity contribution in [3.63, 3.8) is 0 Å². The fourth-order valence-electron chi connectivity index (χ4n) is 1.18. The van der Waals surface area contributed by atoms with Crippen molar-refractivity contribution >= 4 is 25.4 Å². The van der Waals surface area contributed by atoms with Crippen LogP contribution in [0.15, 0.2) is 29.2 Å². The third-order valence-electron chi connectivity index (χ3n) is 1.93. The minimum Gasteiger partial charge on any atom is -0.485 e. The highest BCUT2D eigenvalue weighted by Crippen LogP contribution is 2.34. The summed E-state index contributed by atoms with van der Waals surface area (Å²) in [5.74, 6) is -1.85. The average molecular weight is 310 g/mol. The lowest BCUT2D eigenvalue weighted by atomic mass is 10.3. The SMILES string of the molecule is C=C(C)COc1c(F)cc([N+](=O)[O-])cc1S(=O)(=O)Cl. The molecule has 1 aromatic carbocycles. The minimum atomic E-state index is -4.39. The van der Waals surface area contributed by atoms with Crippen molar-refractivity contribution in [1.82, 2.24) is 0 Å². The molecule has 19 heavy (non-hydrogen) atoms. The maximum absolute atomic E-state index is 13.7. The highest BCUT2D eigenvalue weighted by Gasteiger charge is 2.25. The molecule has 0 heterocycles. The van der Waals surface area contributed by atoms with Crippen LogP contribution < -0.4 is 4.74 Å². The number of ether oxygens (including phenoxy) is 1. The zero-order valence-corrected chi connectivity index (χ0v) is 11.3. The Morgan fingerprint density at radius 3 is 2.58 bits per heavy atom. The van der Waals surface area contributed by atoms with Crippen LogP contribution in [0.1, 0.15) is 6.92 Å². The first-order chi connectivity index (χ1) is 8.62. The molecular formula is C10H9ClFNO5S. The van der Waals surface area contributed by atoms with Gasteiger partial charge in [-0.1, -0.05) is 6.58 Å². The van der Waals surface area contributed by atoms with Gasteiger partial charge in [0.25, 0.3) is 14.7 Å². The molecule has 0 saturated heterocycles. The molecule has 1 aromatic rings. The number of benzene rings is 1. The molecule has 0 aliphatic rings. The summed E-state index contributed by atoms with van der Waals surface area (Å²) in [6, 6.07) is 1.19. The Hall–Kier alpha value is -1.67. The van der Waals surface area contributed by atoms with Crippen LogP contribution in [0.5, 0.6) is 5.75 Å². The Labute approximate surface area is 113 Å². The molecule has 0 spiro atoms. The topological polar surface area (TPSA) is 86.5 Å². The highest BCUT2D eigenvalue weighted by molar-refractivity contribution is 8.13. The van der Waals surface area contributed by atoms with E-state index in [1.807, 2.05) is 0 Å². The molecule has 6 nitrogen and oxygen atoms in total. The Kier molecular flexibility index (Phi) is 4.48. The van der Waals surface area contributed by atoms with Crippen LogP contribution in [0.4, 0.5) is 10.1 Å². The Morgan fingerprint density at radius 2 is 2.16 bits per heavy atom. The first-order valence-electron chi connectivity index (χ1n) is 4.82. The second-order valence-corrected chi connectivity index (χ2v) is 6.23. The zero-order valence-electron chi connectivity index (χ0n) is 9.72. The van der Waals surface area contributed by atoms with Crippen LogP contribution in [0.25, 0.3) is 0 Å². The molecule has 0 aromatic heterocycles. The first-order valence-corrected chi connectivity index (χ1v) is 7.13. The summed E-state index contributed by atoms with van der Waals surface area (Å²) in [6.45, 7) is 4.94. The van der Waals surface area contributed by atoms with Gasteiger partial charge in [-0.2, -0.15) is 0 Å². The van der Waals surface area contributed by atoms with Crippen molar-refractivity contribution in [3.8, 4) is 5.75 Å². The van der Waals surface area contributed by atoms with Gasteiger partial charge in [-0.05, 0) is 12.5 Å². The second kappa shape index (κ2) is 5.54. The number of rotatable bonds is 5. The molecule has 0 N–H and O–H groups in total. The van der Waals surface area contributed by atoms with E-state index in [9.17, 15) is 22.9 Å². The largest absolute Gasteiger partial charge is 0.485 e. The van der Waals surface area contributed by atoms with Crippen LogP contribution in [0, 0.1) is 15.9 Å². The third kappa shape index (κ3) is 3.90. The average Bonchev–Trinajstić information content (AvgIpc) is 2.24. The van der Waals surface area contributed by atoms with Crippen LogP contribution in [0.2, 0.25) is 0 Å². The molecule has 104 valence electrons. The van der Waals surface area contributed by atoms with Crippen molar-refractivity contribution < 1.29 is 22.5 Å². The van der Waals surface area contributed by atoms with Crippen LogP contribution in [0.3, 0.4) is 0 Å². The molecule has 0 unspecified atom stereocenters. The van der Waals surface area contributed by atoms with Gasteiger partial charge in [0.2, 0.25) is 0 Å². The quantitative estimate of drug-likeness (QED) is 0.361. The van der Waals surface area contributed by atoms with E-state index >= 15 is 0 Å². The second-order valence-electron chi connectivity index (χ2n) is 3.70. The summed E-state index contributed by atoms with van der Waals surface area (Å²) in [6.07, 6.45) is 0. The van der Waals surface area contributed by atoms with E-state index in [4.69, 9.17) is 15.4 Å². The van der Waals surface area contributed by atoms with Crippen molar-refractivity contribution in [2.45, 2.75) is 11.8 Å². The Bertz CT molecular complexity index is 644. The molecule has 0 bridgehead atoms. The van der Waals surface area contributed by atoms with E-state index in [2.05, 4.69) is 6.58 Å². The number of nitro benzene ring substituents is 1. The normalized spacial score (nSPS) is 11.1. The number of halogens is 2. The van der Waals surface area contributed by atoms with E-state index in [0.29, 0.717) is 17.7 Å². The lowest BCUT2D eigenvalue weighted by Gasteiger charge is -2.10. The fraction of sp³-hybridized carbons (Fsp3) is 0.200. The van der Waals surface area contributed by atoms with E-state index in [0.717, 1.165) is 0 Å². The van der Waals surface area contributed by atoms with Crippen molar-refractivity contribution in [2.75, 3.05) is 6.61 Å². The van der Waals surface area contributed by atoms with Gasteiger partial charge in [-0.15, -0.1) is 0 Å². The smallest absolute Gasteiger partial charge is 0.273 e. The standard InChI is InChI=1S/C10H9ClFNO5S/c1-6(2)5-18-10-8(12)3-7(13(14)15)4-9(10)19(11,16)17/h3-4H,1,5H2,2H3. The molecule has 0 aliphatic carbocycles. The summed E-state index contributed by atoms with van der Waals surface area (Å²) in [5, 5.41) is 10.6. The summed E-state index contributed by atoms with van der Waals surface area (Å²) < 4.78 is 41.2. The molecule has 0 saturated carbocycles. The predicted molar refractivity (Wildman–Crippen MR) is 66.4 cm³/mol. The molecule has 0 aliphatic heterocycles. The summed E-state index contributed by atoms with van der Waals surface area (Å²) in [5.41, 5.74) is -0.227. The number of nitro groups is 1. The van der Waals surface area contributed by atoms with Gasteiger partial charge in [-0.25, -0.2) is 12.8 Å². The highest BCUT2D eigenvalue weighted by atomic mass is 35.7. The van der Waals surface area contributed by atoms with E-state index < -0.39 is 36.1 Å². The Morgan fingerprint density at radius 1 is 1.58 bits per heavy atom. The van der Waals surface area contributed by atoms with E-state index in [-0.39, 0.29) is 6.61 Å². The van der Waals surface area contributed by atoms with E-state index in [1.165, 1.54) is 0 Å². The molecule has 1 rings (SSSR count). The van der Waals surface area contributed by atoms with Gasteiger partial charge in [0.15, 0.2) is 11.6 Å². The molecule has 9 heteroatoms. The van der Waals surface area contributed by atoms with Gasteiger partial charge in [0, 0.05) is 16.7 Å². The predicted octanol–water partition coefficient (Wildman–Crippen LogP) is 2.62. The molecule has 0 radical (unpaired) electrons. The van der Waals surface area contributed by atoms with Gasteiger partial charge in [0.05, 0.1) is 11.0 Å². The van der Waals surface area contributed by atoms with Gasteiger partial charge in [-0.3, -0.25) is 10.1 Å². The number of non-ortho nitro benzene ring substituents is 1. The van der Waals surface area contributed by atoms with Crippen LogP contribution in [-0.4, -0.2) is 19.9 Å². The molecule has 0 amide bonds. The maximum atomic E-state index is 13.7.